The van der Waals surface area contributed by atoms with Gasteiger partial charge in [0.1, 0.15) is 5.82 Å². The number of hydrogen-bond acceptors (Lipinski definition) is 6. The van der Waals surface area contributed by atoms with Crippen molar-refractivity contribution in [1.82, 2.24) is 24.5 Å². The van der Waals surface area contributed by atoms with Crippen LogP contribution in [0.1, 0.15) is 30.5 Å². The molecule has 158 valence electrons. The van der Waals surface area contributed by atoms with Crippen LogP contribution in [-0.4, -0.2) is 49.3 Å². The third-order valence-electron chi connectivity index (χ3n) is 5.15. The second-order valence-electron chi connectivity index (χ2n) is 7.63. The van der Waals surface area contributed by atoms with Crippen molar-refractivity contribution in [2.75, 3.05) is 29.1 Å². The Labute approximate surface area is 180 Å². The van der Waals surface area contributed by atoms with E-state index in [-0.39, 0.29) is 11.7 Å². The van der Waals surface area contributed by atoms with Gasteiger partial charge in [0.15, 0.2) is 5.16 Å². The third kappa shape index (κ3) is 4.51. The van der Waals surface area contributed by atoms with E-state index in [4.69, 9.17) is 0 Å². The number of aryl methyl sites for hydroxylation is 3. The van der Waals surface area contributed by atoms with Gasteiger partial charge in [-0.05, 0) is 45.2 Å². The molecule has 1 aliphatic heterocycles. The lowest BCUT2D eigenvalue weighted by molar-refractivity contribution is -0.113. The van der Waals surface area contributed by atoms with Gasteiger partial charge in [-0.1, -0.05) is 29.5 Å². The second-order valence-corrected chi connectivity index (χ2v) is 8.58. The Morgan fingerprint density at radius 3 is 2.50 bits per heavy atom. The van der Waals surface area contributed by atoms with Gasteiger partial charge in [-0.25, -0.2) is 0 Å². The largest absolute Gasteiger partial charge is 0.341 e. The molecule has 1 N–H and O–H groups in total. The minimum atomic E-state index is -0.0963. The van der Waals surface area contributed by atoms with Crippen molar-refractivity contribution < 1.29 is 4.79 Å². The van der Waals surface area contributed by atoms with Gasteiger partial charge < -0.3 is 10.2 Å². The minimum Gasteiger partial charge on any atom is -0.341 e. The summed E-state index contributed by atoms with van der Waals surface area (Å²) in [4.78, 5) is 14.8. The first-order valence-electron chi connectivity index (χ1n) is 10.2. The van der Waals surface area contributed by atoms with Gasteiger partial charge in [-0.15, -0.1) is 10.2 Å². The van der Waals surface area contributed by atoms with Gasteiger partial charge in [0, 0.05) is 26.2 Å². The van der Waals surface area contributed by atoms with Crippen molar-refractivity contribution in [2.24, 2.45) is 7.05 Å². The minimum absolute atomic E-state index is 0.0963. The number of carbonyl (C=O) groups excluding carboxylic acids is 1. The molecule has 0 unspecified atom stereocenters. The van der Waals surface area contributed by atoms with Gasteiger partial charge in [-0.3, -0.25) is 14.0 Å². The summed E-state index contributed by atoms with van der Waals surface area (Å²) in [5.74, 6) is 1.69. The highest BCUT2D eigenvalue weighted by Crippen LogP contribution is 2.28. The summed E-state index contributed by atoms with van der Waals surface area (Å²) in [5.41, 5.74) is 3.08. The lowest BCUT2D eigenvalue weighted by Gasteiger charge is -2.27. The van der Waals surface area contributed by atoms with E-state index in [9.17, 15) is 4.79 Å². The summed E-state index contributed by atoms with van der Waals surface area (Å²) in [5, 5.41) is 16.8. The highest BCUT2D eigenvalue weighted by Gasteiger charge is 2.22. The van der Waals surface area contributed by atoms with Crippen molar-refractivity contribution >= 4 is 29.4 Å². The molecule has 1 aliphatic rings. The van der Waals surface area contributed by atoms with E-state index in [1.807, 2.05) is 20.0 Å². The van der Waals surface area contributed by atoms with Gasteiger partial charge >= 0.3 is 0 Å². The number of piperidine rings is 1. The van der Waals surface area contributed by atoms with Crippen LogP contribution in [0.5, 0.6) is 0 Å². The Morgan fingerprint density at radius 1 is 1.10 bits per heavy atom. The molecular weight excluding hydrogens is 398 g/mol. The fraction of sp³-hybridized carbons (Fsp3) is 0.429. The van der Waals surface area contributed by atoms with E-state index < -0.39 is 0 Å². The number of hydrogen-bond donors (Lipinski definition) is 1. The molecule has 2 aromatic heterocycles. The summed E-state index contributed by atoms with van der Waals surface area (Å²) in [6.45, 7) is 5.93. The lowest BCUT2D eigenvalue weighted by Crippen LogP contribution is -2.31. The molecule has 4 rings (SSSR count). The molecule has 1 fully saturated rings. The maximum Gasteiger partial charge on any atom is 0.235 e. The summed E-state index contributed by atoms with van der Waals surface area (Å²) in [6, 6.07) is 10.2. The second kappa shape index (κ2) is 8.91. The molecule has 1 aromatic carbocycles. The SMILES string of the molecule is Cc1ccc(-n2c(SCC(=O)Nc3cc(C)nn3C)nnc2N2CCCCC2)cc1. The van der Waals surface area contributed by atoms with Crippen molar-refractivity contribution in [2.45, 2.75) is 38.3 Å². The van der Waals surface area contributed by atoms with Crippen LogP contribution in [-0.2, 0) is 11.8 Å². The smallest absolute Gasteiger partial charge is 0.235 e. The van der Waals surface area contributed by atoms with E-state index in [0.29, 0.717) is 5.82 Å². The first-order chi connectivity index (χ1) is 14.5. The standard InChI is InChI=1S/C21H27N7OS/c1-15-7-9-17(10-8-15)28-20(27-11-5-4-6-12-27)23-24-21(28)30-14-19(29)22-18-13-16(2)25-26(18)3/h7-10,13H,4-6,11-12,14H2,1-3H3,(H,22,29). The van der Waals surface area contributed by atoms with Crippen LogP contribution < -0.4 is 10.2 Å². The molecular formula is C21H27N7OS. The topological polar surface area (TPSA) is 80.9 Å². The number of thioether (sulfide) groups is 1. The van der Waals surface area contributed by atoms with Crippen molar-refractivity contribution in [3.8, 4) is 5.69 Å². The molecule has 30 heavy (non-hydrogen) atoms. The molecule has 0 radical (unpaired) electrons. The van der Waals surface area contributed by atoms with E-state index >= 15 is 0 Å². The van der Waals surface area contributed by atoms with Gasteiger partial charge in [0.05, 0.1) is 17.1 Å². The molecule has 1 amide bonds. The predicted octanol–water partition coefficient (Wildman–Crippen LogP) is 3.34. The number of amides is 1. The Morgan fingerprint density at radius 2 is 1.83 bits per heavy atom. The Hall–Kier alpha value is -2.81. The lowest BCUT2D eigenvalue weighted by atomic mass is 10.1. The number of benzene rings is 1. The predicted molar refractivity (Wildman–Crippen MR) is 119 cm³/mol. The quantitative estimate of drug-likeness (QED) is 0.610. The average Bonchev–Trinajstić information content (AvgIpc) is 3.30. The van der Waals surface area contributed by atoms with E-state index in [0.717, 1.165) is 48.4 Å². The summed E-state index contributed by atoms with van der Waals surface area (Å²) >= 11 is 1.39. The molecule has 0 atom stereocenters. The summed E-state index contributed by atoms with van der Waals surface area (Å²) in [7, 11) is 1.81. The number of carbonyl (C=O) groups is 1. The van der Waals surface area contributed by atoms with Crippen LogP contribution in [0, 0.1) is 13.8 Å². The molecule has 3 aromatic rings. The number of aromatic nitrogens is 5. The third-order valence-corrected chi connectivity index (χ3v) is 6.08. The van der Waals surface area contributed by atoms with Crippen LogP contribution in [0.4, 0.5) is 11.8 Å². The van der Waals surface area contributed by atoms with Crippen molar-refractivity contribution in [1.29, 1.82) is 0 Å². The molecule has 9 heteroatoms. The number of nitrogens with one attached hydrogen (secondary N) is 1. The average molecular weight is 426 g/mol. The molecule has 1 saturated heterocycles. The molecule has 8 nitrogen and oxygen atoms in total. The zero-order chi connectivity index (χ0) is 21.1. The first-order valence-corrected chi connectivity index (χ1v) is 11.2. The fourth-order valence-electron chi connectivity index (χ4n) is 3.61. The van der Waals surface area contributed by atoms with Crippen molar-refractivity contribution in [3.63, 3.8) is 0 Å². The van der Waals surface area contributed by atoms with Gasteiger partial charge in [0.25, 0.3) is 0 Å². The van der Waals surface area contributed by atoms with Crippen LogP contribution in [0.3, 0.4) is 0 Å². The zero-order valence-electron chi connectivity index (χ0n) is 17.6. The maximum atomic E-state index is 12.5. The van der Waals surface area contributed by atoms with Crippen LogP contribution >= 0.6 is 11.8 Å². The Kier molecular flexibility index (Phi) is 6.08. The highest BCUT2D eigenvalue weighted by molar-refractivity contribution is 7.99. The summed E-state index contributed by atoms with van der Waals surface area (Å²) in [6.07, 6.45) is 3.58. The monoisotopic (exact) mass is 425 g/mol. The Balaban J connectivity index is 1.54. The number of anilines is 2. The zero-order valence-corrected chi connectivity index (χ0v) is 18.4. The Bertz CT molecular complexity index is 1020. The summed E-state index contributed by atoms with van der Waals surface area (Å²) < 4.78 is 3.73. The molecule has 3 heterocycles. The molecule has 0 aliphatic carbocycles. The first kappa shape index (κ1) is 20.5. The maximum absolute atomic E-state index is 12.5. The normalized spacial score (nSPS) is 14.2. The van der Waals surface area contributed by atoms with E-state index in [1.165, 1.54) is 23.7 Å². The van der Waals surface area contributed by atoms with E-state index in [1.54, 1.807) is 4.68 Å². The molecule has 0 spiro atoms. The highest BCUT2D eigenvalue weighted by atomic mass is 32.2. The van der Waals surface area contributed by atoms with Crippen LogP contribution in [0.15, 0.2) is 35.5 Å². The van der Waals surface area contributed by atoms with Crippen LogP contribution in [0.25, 0.3) is 5.69 Å². The van der Waals surface area contributed by atoms with Crippen molar-refractivity contribution in [3.05, 3.63) is 41.6 Å². The fourth-order valence-corrected chi connectivity index (χ4v) is 4.36. The number of rotatable bonds is 6. The van der Waals surface area contributed by atoms with Crippen LogP contribution in [0.2, 0.25) is 0 Å². The molecule has 0 saturated carbocycles. The van der Waals surface area contributed by atoms with Gasteiger partial charge in [-0.2, -0.15) is 5.10 Å². The van der Waals surface area contributed by atoms with E-state index in [2.05, 4.69) is 61.3 Å². The number of nitrogens with zero attached hydrogens (tertiary/aromatic N) is 6. The molecule has 0 bridgehead atoms. The van der Waals surface area contributed by atoms with Gasteiger partial charge in [0.2, 0.25) is 11.9 Å².